The molecule has 0 heterocycles. The second-order valence-corrected chi connectivity index (χ2v) is 1.22. The second kappa shape index (κ2) is 6.88. The van der Waals surface area contributed by atoms with Crippen molar-refractivity contribution in [2.24, 2.45) is 0 Å². The third-order valence-corrected chi connectivity index (χ3v) is 0.598. The van der Waals surface area contributed by atoms with Gasteiger partial charge in [-0.2, -0.15) is 0 Å². The van der Waals surface area contributed by atoms with Gasteiger partial charge < -0.3 is 9.47 Å². The Hall–Kier alpha value is -1.12. The number of rotatable bonds is 4. The van der Waals surface area contributed by atoms with Gasteiger partial charge in [-0.05, 0) is 0 Å². The van der Waals surface area contributed by atoms with E-state index in [1.165, 1.54) is 0 Å². The molecule has 0 rings (SSSR count). The van der Waals surface area contributed by atoms with Crippen LogP contribution < -0.4 is 0 Å². The van der Waals surface area contributed by atoms with Gasteiger partial charge in [0, 0.05) is 0 Å². The third-order valence-electron chi connectivity index (χ3n) is 0.598. The van der Waals surface area contributed by atoms with E-state index < -0.39 is 0 Å². The van der Waals surface area contributed by atoms with Crippen LogP contribution in [0.1, 0.15) is 0 Å². The summed E-state index contributed by atoms with van der Waals surface area (Å²) in [6, 6.07) is 0. The van der Waals surface area contributed by atoms with Crippen LogP contribution in [0.2, 0.25) is 0 Å². The molecule has 0 aliphatic carbocycles. The Morgan fingerprint density at radius 3 is 2.56 bits per heavy atom. The molecule has 0 aliphatic rings. The first-order valence-corrected chi connectivity index (χ1v) is 2.50. The molecule has 0 aromatic carbocycles. The highest BCUT2D eigenvalue weighted by Crippen LogP contribution is 1.73. The first kappa shape index (κ1) is 7.88. The fourth-order valence-electron chi connectivity index (χ4n) is 0.291. The molecule has 0 saturated heterocycles. The van der Waals surface area contributed by atoms with Crippen molar-refractivity contribution in [1.82, 2.24) is 0 Å². The zero-order valence-corrected chi connectivity index (χ0v) is 5.09. The largest absolute Gasteiger partial charge is 0.444 e. The molecule has 2 nitrogen and oxygen atoms in total. The van der Waals surface area contributed by atoms with Crippen molar-refractivity contribution in [3.8, 4) is 24.9 Å². The lowest BCUT2D eigenvalue weighted by Gasteiger charge is -1.96. The Morgan fingerprint density at radius 2 is 2.00 bits per heavy atom. The highest BCUT2D eigenvalue weighted by Gasteiger charge is 1.81. The summed E-state index contributed by atoms with van der Waals surface area (Å²) >= 11 is 0. The lowest BCUT2D eigenvalue weighted by Crippen LogP contribution is -2.00. The van der Waals surface area contributed by atoms with Crippen molar-refractivity contribution < 1.29 is 9.47 Å². The molecule has 0 radical (unpaired) electrons. The molecule has 0 saturated carbocycles. The number of hydrogen-bond acceptors (Lipinski definition) is 2. The van der Waals surface area contributed by atoms with Crippen molar-refractivity contribution in [2.75, 3.05) is 19.8 Å². The molecule has 0 aliphatic heterocycles. The van der Waals surface area contributed by atoms with Crippen LogP contribution in [0.5, 0.6) is 0 Å². The van der Waals surface area contributed by atoms with Crippen LogP contribution >= 0.6 is 0 Å². The molecule has 48 valence electrons. The third kappa shape index (κ3) is 6.88. The maximum atomic E-state index is 4.89. The molecule has 0 fully saturated rings. The van der Waals surface area contributed by atoms with Crippen LogP contribution in [0.4, 0.5) is 0 Å². The predicted molar refractivity (Wildman–Crippen MR) is 34.4 cm³/mol. The van der Waals surface area contributed by atoms with Gasteiger partial charge in [0.1, 0.15) is 19.3 Å². The Kier molecular flexibility index (Phi) is 6.02. The minimum atomic E-state index is 0.313. The lowest BCUT2D eigenvalue weighted by molar-refractivity contribution is 0.113. The molecule has 0 bridgehead atoms. The molecule has 0 unspecified atom stereocenters. The zero-order chi connectivity index (χ0) is 6.95. The maximum Gasteiger partial charge on any atom is 0.123 e. The fourth-order valence-corrected chi connectivity index (χ4v) is 0.291. The minimum absolute atomic E-state index is 0.313. The van der Waals surface area contributed by atoms with Crippen LogP contribution in [0.3, 0.4) is 0 Å². The average Bonchev–Trinajstić information content (AvgIpc) is 1.89. The monoisotopic (exact) mass is 124 g/mol. The van der Waals surface area contributed by atoms with E-state index in [1.807, 2.05) is 6.11 Å². The fraction of sp³-hybridized carbons (Fsp3) is 0.429. The molecule has 0 aromatic heterocycles. The van der Waals surface area contributed by atoms with Crippen molar-refractivity contribution in [3.05, 3.63) is 0 Å². The Labute approximate surface area is 55.2 Å². The van der Waals surface area contributed by atoms with E-state index in [1.54, 1.807) is 0 Å². The van der Waals surface area contributed by atoms with Gasteiger partial charge in [-0.1, -0.05) is 12.3 Å². The Morgan fingerprint density at radius 1 is 1.22 bits per heavy atom. The Balaban J connectivity index is 2.79. The molecule has 0 aromatic rings. The van der Waals surface area contributed by atoms with Gasteiger partial charge in [0.25, 0.3) is 0 Å². The minimum Gasteiger partial charge on any atom is -0.444 e. The summed E-state index contributed by atoms with van der Waals surface area (Å²) in [7, 11) is 0. The first-order valence-electron chi connectivity index (χ1n) is 2.50. The van der Waals surface area contributed by atoms with Crippen LogP contribution in [0, 0.1) is 24.9 Å². The standard InChI is InChI=1S/C7H8O2/c1-3-5-9-7-6-8-4-2/h1-2H,5-7H2. The molecular weight excluding hydrogens is 116 g/mol. The molecule has 2 heteroatoms. The van der Waals surface area contributed by atoms with E-state index in [-0.39, 0.29) is 0 Å². The van der Waals surface area contributed by atoms with E-state index in [2.05, 4.69) is 10.7 Å². The van der Waals surface area contributed by atoms with Crippen LogP contribution in [-0.4, -0.2) is 19.8 Å². The molecule has 0 N–H and O–H groups in total. The molecule has 0 atom stereocenters. The highest BCUT2D eigenvalue weighted by molar-refractivity contribution is 4.82. The summed E-state index contributed by atoms with van der Waals surface area (Å²) in [5, 5.41) is 0. The smallest absolute Gasteiger partial charge is 0.123 e. The second-order valence-electron chi connectivity index (χ2n) is 1.22. The quantitative estimate of drug-likeness (QED) is 0.395. The maximum absolute atomic E-state index is 4.89. The average molecular weight is 124 g/mol. The number of terminal acetylenes is 2. The summed E-state index contributed by atoms with van der Waals surface area (Å²) < 4.78 is 9.34. The van der Waals surface area contributed by atoms with Crippen molar-refractivity contribution in [1.29, 1.82) is 0 Å². The van der Waals surface area contributed by atoms with E-state index in [4.69, 9.17) is 17.6 Å². The zero-order valence-electron chi connectivity index (χ0n) is 5.09. The predicted octanol–water partition coefficient (Wildman–Crippen LogP) is 0.244. The van der Waals surface area contributed by atoms with Crippen molar-refractivity contribution in [3.63, 3.8) is 0 Å². The molecule has 0 amide bonds. The highest BCUT2D eigenvalue weighted by atomic mass is 16.5. The van der Waals surface area contributed by atoms with Gasteiger partial charge >= 0.3 is 0 Å². The van der Waals surface area contributed by atoms with Gasteiger partial charge in [0.15, 0.2) is 0 Å². The van der Waals surface area contributed by atoms with Crippen molar-refractivity contribution >= 4 is 0 Å². The topological polar surface area (TPSA) is 18.5 Å². The summed E-state index contributed by atoms with van der Waals surface area (Å²) in [5.74, 6) is 2.32. The Bertz CT molecular complexity index is 111. The van der Waals surface area contributed by atoms with Gasteiger partial charge in [-0.3, -0.25) is 0 Å². The molecule has 0 spiro atoms. The van der Waals surface area contributed by atoms with Gasteiger partial charge in [0.2, 0.25) is 0 Å². The number of hydrogen-bond donors (Lipinski definition) is 0. The van der Waals surface area contributed by atoms with Crippen molar-refractivity contribution in [2.45, 2.75) is 0 Å². The van der Waals surface area contributed by atoms with Crippen LogP contribution in [0.25, 0.3) is 0 Å². The summed E-state index contributed by atoms with van der Waals surface area (Å²) in [4.78, 5) is 0. The normalized spacial score (nSPS) is 7.33. The summed E-state index contributed by atoms with van der Waals surface area (Å²) in [5.41, 5.74) is 0. The van der Waals surface area contributed by atoms with E-state index >= 15 is 0 Å². The lowest BCUT2D eigenvalue weighted by atomic mass is 10.7. The molecular formula is C7H8O2. The molecule has 9 heavy (non-hydrogen) atoms. The van der Waals surface area contributed by atoms with Gasteiger partial charge in [0.05, 0.1) is 6.61 Å². The van der Waals surface area contributed by atoms with E-state index in [9.17, 15) is 0 Å². The van der Waals surface area contributed by atoms with E-state index in [0.29, 0.717) is 19.8 Å². The SMILES string of the molecule is C#CCOCCOC#C. The van der Waals surface area contributed by atoms with Gasteiger partial charge in [-0.25, -0.2) is 0 Å². The summed E-state index contributed by atoms with van der Waals surface area (Å²) in [6.07, 6.45) is 11.7. The van der Waals surface area contributed by atoms with E-state index in [0.717, 1.165) is 0 Å². The summed E-state index contributed by atoms with van der Waals surface area (Å²) in [6.45, 7) is 1.17. The number of ether oxygens (including phenoxy) is 2. The van der Waals surface area contributed by atoms with Crippen LogP contribution in [0.15, 0.2) is 0 Å². The van der Waals surface area contributed by atoms with Crippen LogP contribution in [-0.2, 0) is 9.47 Å². The van der Waals surface area contributed by atoms with Gasteiger partial charge in [-0.15, -0.1) is 6.42 Å². The first-order chi connectivity index (χ1) is 4.41.